The molecule has 0 fully saturated rings. The average Bonchev–Trinajstić information content (AvgIpc) is 3.83. The Kier molecular flexibility index (Phi) is 4.94. The summed E-state index contributed by atoms with van der Waals surface area (Å²) in [6.45, 7) is 0. The summed E-state index contributed by atoms with van der Waals surface area (Å²) in [6, 6.07) is 56.7. The van der Waals surface area contributed by atoms with Gasteiger partial charge in [-0.2, -0.15) is 0 Å². The maximum absolute atomic E-state index is 5.42. The molecule has 50 heavy (non-hydrogen) atoms. The third kappa shape index (κ3) is 3.21. The molecule has 0 saturated carbocycles. The Hall–Kier alpha value is -6.78. The van der Waals surface area contributed by atoms with Crippen LogP contribution in [0.5, 0.6) is 0 Å². The molecule has 0 atom stereocenters. The minimum Gasteiger partial charge on any atom is -0.307 e. The van der Waals surface area contributed by atoms with Crippen molar-refractivity contribution in [2.24, 2.45) is 0 Å². The fourth-order valence-electron chi connectivity index (χ4n) is 8.81. The predicted molar refractivity (Wildman–Crippen MR) is 209 cm³/mol. The summed E-state index contributed by atoms with van der Waals surface area (Å²) in [6.07, 6.45) is 0. The summed E-state index contributed by atoms with van der Waals surface area (Å²) in [5.74, 6) is 1.60. The van der Waals surface area contributed by atoms with Crippen LogP contribution >= 0.6 is 0 Å². The number of hydrogen-bond donors (Lipinski definition) is 0. The number of hydrogen-bond acceptors (Lipinski definition) is 2. The van der Waals surface area contributed by atoms with Gasteiger partial charge in [0.1, 0.15) is 5.82 Å². The fraction of sp³-hybridized carbons (Fsp3) is 0. The molecule has 4 heterocycles. The normalized spacial score (nSPS) is 12.4. The Labute approximate surface area is 285 Å². The van der Waals surface area contributed by atoms with Crippen molar-refractivity contribution in [2.75, 3.05) is 0 Å². The Morgan fingerprint density at radius 1 is 0.360 bits per heavy atom. The highest BCUT2D eigenvalue weighted by Gasteiger charge is 2.27. The quantitative estimate of drug-likeness (QED) is 0.190. The molecule has 4 heteroatoms. The zero-order valence-corrected chi connectivity index (χ0v) is 26.8. The highest BCUT2D eigenvalue weighted by molar-refractivity contribution is 6.40. The second-order valence-corrected chi connectivity index (χ2v) is 13.3. The first kappa shape index (κ1) is 26.2. The molecule has 230 valence electrons. The van der Waals surface area contributed by atoms with E-state index in [0.717, 1.165) is 33.3 Å². The summed E-state index contributed by atoms with van der Waals surface area (Å²) in [5, 5.41) is 13.6. The topological polar surface area (TPSA) is 35.1 Å². The van der Waals surface area contributed by atoms with Crippen LogP contribution in [-0.2, 0) is 0 Å². The molecule has 8 aromatic carbocycles. The fourth-order valence-corrected chi connectivity index (χ4v) is 8.81. The Balaban J connectivity index is 1.39. The first-order valence-electron chi connectivity index (χ1n) is 17.1. The van der Waals surface area contributed by atoms with Gasteiger partial charge in [0.05, 0.1) is 33.1 Å². The molecule has 12 rings (SSSR count). The number of nitrogens with zero attached hydrogens (tertiary/aromatic N) is 4. The van der Waals surface area contributed by atoms with Gasteiger partial charge in [-0.05, 0) is 29.0 Å². The molecule has 0 aliphatic carbocycles. The molecule has 0 bridgehead atoms. The van der Waals surface area contributed by atoms with Gasteiger partial charge in [-0.3, -0.25) is 4.57 Å². The van der Waals surface area contributed by atoms with E-state index >= 15 is 0 Å². The van der Waals surface area contributed by atoms with Gasteiger partial charge < -0.3 is 4.40 Å². The van der Waals surface area contributed by atoms with Gasteiger partial charge in [-0.1, -0.05) is 140 Å². The summed E-state index contributed by atoms with van der Waals surface area (Å²) in [4.78, 5) is 10.5. The third-order valence-electron chi connectivity index (χ3n) is 10.8. The predicted octanol–water partition coefficient (Wildman–Crippen LogP) is 11.9. The molecule has 0 N–H and O–H groups in total. The van der Waals surface area contributed by atoms with Gasteiger partial charge in [-0.15, -0.1) is 0 Å². The SMILES string of the molecule is c1ccc(-c2nc(-n3c4ccccc4c4c3c3ccccc3c3c5cccc6c7ccc8ccccc8c7n(c65)c34)c3ccccc3n2)cc1. The van der Waals surface area contributed by atoms with Crippen LogP contribution in [0.15, 0.2) is 158 Å². The molecule has 0 spiro atoms. The van der Waals surface area contributed by atoms with Crippen LogP contribution in [0.1, 0.15) is 0 Å². The molecule has 4 aromatic heterocycles. The van der Waals surface area contributed by atoms with Crippen LogP contribution in [-0.4, -0.2) is 18.9 Å². The zero-order valence-electron chi connectivity index (χ0n) is 26.8. The average molecular weight is 635 g/mol. The molecule has 0 aliphatic heterocycles. The molecule has 12 aromatic rings. The Bertz CT molecular complexity index is 3370. The van der Waals surface area contributed by atoms with E-state index in [4.69, 9.17) is 9.97 Å². The highest BCUT2D eigenvalue weighted by atomic mass is 15.1. The minimum atomic E-state index is 0.715. The lowest BCUT2D eigenvalue weighted by atomic mass is 9.98. The van der Waals surface area contributed by atoms with E-state index < -0.39 is 0 Å². The van der Waals surface area contributed by atoms with Crippen molar-refractivity contribution in [3.8, 4) is 17.2 Å². The Morgan fingerprint density at radius 3 is 1.86 bits per heavy atom. The Morgan fingerprint density at radius 2 is 0.980 bits per heavy atom. The zero-order chi connectivity index (χ0) is 32.5. The third-order valence-corrected chi connectivity index (χ3v) is 10.8. The smallest absolute Gasteiger partial charge is 0.162 e. The van der Waals surface area contributed by atoms with E-state index in [1.807, 2.05) is 18.2 Å². The minimum absolute atomic E-state index is 0.715. The lowest BCUT2D eigenvalue weighted by Crippen LogP contribution is -2.03. The van der Waals surface area contributed by atoms with Crippen LogP contribution in [0, 0.1) is 0 Å². The first-order valence-corrected chi connectivity index (χ1v) is 17.1. The van der Waals surface area contributed by atoms with Crippen molar-refractivity contribution in [3.05, 3.63) is 158 Å². The molecular formula is C46H26N4. The number of aromatic nitrogens is 4. The van der Waals surface area contributed by atoms with Gasteiger partial charge in [-0.25, -0.2) is 9.97 Å². The van der Waals surface area contributed by atoms with Gasteiger partial charge in [0.15, 0.2) is 5.82 Å². The van der Waals surface area contributed by atoms with Crippen LogP contribution in [0.3, 0.4) is 0 Å². The van der Waals surface area contributed by atoms with Crippen LogP contribution < -0.4 is 0 Å². The van der Waals surface area contributed by atoms with Gasteiger partial charge >= 0.3 is 0 Å². The molecular weight excluding hydrogens is 609 g/mol. The monoisotopic (exact) mass is 634 g/mol. The van der Waals surface area contributed by atoms with Crippen LogP contribution in [0.25, 0.3) is 110 Å². The van der Waals surface area contributed by atoms with Crippen molar-refractivity contribution in [1.29, 1.82) is 0 Å². The summed E-state index contributed by atoms with van der Waals surface area (Å²) in [5.41, 5.74) is 7.98. The number of para-hydroxylation sites is 3. The lowest BCUT2D eigenvalue weighted by Gasteiger charge is -2.14. The summed E-state index contributed by atoms with van der Waals surface area (Å²) in [7, 11) is 0. The van der Waals surface area contributed by atoms with Crippen molar-refractivity contribution in [2.45, 2.75) is 0 Å². The highest BCUT2D eigenvalue weighted by Crippen LogP contribution is 2.49. The lowest BCUT2D eigenvalue weighted by molar-refractivity contribution is 1.08. The molecule has 0 radical (unpaired) electrons. The van der Waals surface area contributed by atoms with E-state index in [1.54, 1.807) is 0 Å². The number of benzene rings is 8. The van der Waals surface area contributed by atoms with E-state index in [1.165, 1.54) is 70.4 Å². The van der Waals surface area contributed by atoms with Gasteiger partial charge in [0, 0.05) is 54.0 Å². The number of rotatable bonds is 2. The summed E-state index contributed by atoms with van der Waals surface area (Å²) >= 11 is 0. The largest absolute Gasteiger partial charge is 0.307 e. The maximum Gasteiger partial charge on any atom is 0.162 e. The van der Waals surface area contributed by atoms with Gasteiger partial charge in [0.25, 0.3) is 0 Å². The van der Waals surface area contributed by atoms with Crippen molar-refractivity contribution in [1.82, 2.24) is 18.9 Å². The second-order valence-electron chi connectivity index (χ2n) is 13.3. The van der Waals surface area contributed by atoms with E-state index in [0.29, 0.717) is 5.82 Å². The standard InChI is InChI=1S/C46H26N4/c1-2-14-28(15-3-1)45-47-37-23-10-8-19-34(37)46(48-45)49-38-24-11-9-20-35(38)40-43(49)31-18-7-6-17-30(31)39-36-22-12-21-32-33-26-25-27-13-4-5-16-29(27)41(33)50(42(32)36)44(39)40/h1-26H. The molecule has 0 saturated heterocycles. The van der Waals surface area contributed by atoms with Gasteiger partial charge in [0.2, 0.25) is 0 Å². The van der Waals surface area contributed by atoms with Crippen molar-refractivity contribution >= 4 is 92.3 Å². The van der Waals surface area contributed by atoms with E-state index in [-0.39, 0.29) is 0 Å². The summed E-state index contributed by atoms with van der Waals surface area (Å²) < 4.78 is 4.99. The van der Waals surface area contributed by atoms with Crippen molar-refractivity contribution in [3.63, 3.8) is 0 Å². The molecule has 0 unspecified atom stereocenters. The number of fused-ring (bicyclic) bond motifs is 16. The van der Waals surface area contributed by atoms with E-state index in [9.17, 15) is 0 Å². The van der Waals surface area contributed by atoms with Crippen LogP contribution in [0.2, 0.25) is 0 Å². The maximum atomic E-state index is 5.42. The van der Waals surface area contributed by atoms with Crippen LogP contribution in [0.4, 0.5) is 0 Å². The second kappa shape index (κ2) is 9.43. The van der Waals surface area contributed by atoms with E-state index in [2.05, 4.69) is 148 Å². The molecule has 0 aliphatic rings. The molecule has 4 nitrogen and oxygen atoms in total. The first-order chi connectivity index (χ1) is 24.8. The van der Waals surface area contributed by atoms with Crippen molar-refractivity contribution < 1.29 is 0 Å². The molecule has 0 amide bonds.